The van der Waals surface area contributed by atoms with Gasteiger partial charge in [0.25, 0.3) is 0 Å². The highest BCUT2D eigenvalue weighted by Crippen LogP contribution is 2.65. The van der Waals surface area contributed by atoms with Crippen LogP contribution in [0.1, 0.15) is 73.3 Å². The Morgan fingerprint density at radius 1 is 0.980 bits per heavy atom. The summed E-state index contributed by atoms with van der Waals surface area (Å²) in [7, 11) is 1.90. The van der Waals surface area contributed by atoms with E-state index in [1.54, 1.807) is 11.1 Å². The van der Waals surface area contributed by atoms with Gasteiger partial charge in [0.05, 0.1) is 16.2 Å². The Morgan fingerprint density at radius 3 is 2.42 bits per heavy atom. The number of rotatable bonds is 10. The lowest BCUT2D eigenvalue weighted by Gasteiger charge is -2.61. The van der Waals surface area contributed by atoms with E-state index in [4.69, 9.17) is 0 Å². The van der Waals surface area contributed by atoms with E-state index < -0.39 is 10.8 Å². The van der Waals surface area contributed by atoms with Crippen LogP contribution in [0.25, 0.3) is 0 Å². The van der Waals surface area contributed by atoms with Gasteiger partial charge in [-0.3, -0.25) is 19.2 Å². The summed E-state index contributed by atoms with van der Waals surface area (Å²) in [5.74, 6) is 1.30. The lowest BCUT2D eigenvalue weighted by atomic mass is 9.44. The van der Waals surface area contributed by atoms with Crippen molar-refractivity contribution < 1.29 is 19.2 Å². The predicted molar refractivity (Wildman–Crippen MR) is 190 cm³/mol. The van der Waals surface area contributed by atoms with Gasteiger partial charge in [0.15, 0.2) is 0 Å². The average molecular weight is 675 g/mol. The highest BCUT2D eigenvalue weighted by Gasteiger charge is 2.62. The summed E-state index contributed by atoms with van der Waals surface area (Å²) in [6.45, 7) is 4.09. The van der Waals surface area contributed by atoms with E-state index in [1.165, 1.54) is 0 Å². The number of carbonyl (C=O) groups excluding carboxylic acids is 4. The van der Waals surface area contributed by atoms with E-state index in [0.717, 1.165) is 53.0 Å². The smallest absolute Gasteiger partial charge is 0.244 e. The van der Waals surface area contributed by atoms with Gasteiger partial charge in [-0.2, -0.15) is 0 Å². The monoisotopic (exact) mass is 674 g/mol. The van der Waals surface area contributed by atoms with E-state index >= 15 is 0 Å². The second-order valence-electron chi connectivity index (χ2n) is 15.5. The molecule has 9 rings (SSSR count). The second kappa shape index (κ2) is 12.3. The quantitative estimate of drug-likeness (QED) is 0.290. The molecule has 4 amide bonds. The van der Waals surface area contributed by atoms with Crippen LogP contribution in [0.5, 0.6) is 0 Å². The number of pyridine rings is 1. The minimum absolute atomic E-state index is 0.0255. The van der Waals surface area contributed by atoms with Crippen molar-refractivity contribution in [2.24, 2.45) is 16.7 Å². The van der Waals surface area contributed by atoms with Crippen LogP contribution in [0.15, 0.2) is 60.8 Å². The molecule has 6 aliphatic rings. The molecular formula is C40H46N6O4. The maximum atomic E-state index is 14.7. The molecule has 260 valence electrons. The van der Waals surface area contributed by atoms with Crippen molar-refractivity contribution in [3.63, 3.8) is 0 Å². The summed E-state index contributed by atoms with van der Waals surface area (Å²) < 4.78 is 0. The first-order chi connectivity index (χ1) is 24.2. The molecule has 3 heterocycles. The second-order valence-corrected chi connectivity index (χ2v) is 15.5. The Kier molecular flexibility index (Phi) is 8.05. The summed E-state index contributed by atoms with van der Waals surface area (Å²) in [5, 5.41) is 9.24. The van der Waals surface area contributed by atoms with Gasteiger partial charge < -0.3 is 25.8 Å². The number of fused-ring (bicyclic) bond motifs is 3. The van der Waals surface area contributed by atoms with Crippen LogP contribution in [-0.2, 0) is 50.5 Å². The van der Waals surface area contributed by atoms with Gasteiger partial charge in [0, 0.05) is 43.6 Å². The number of amides is 4. The van der Waals surface area contributed by atoms with Crippen LogP contribution < -0.4 is 16.0 Å². The zero-order chi connectivity index (χ0) is 34.7. The van der Waals surface area contributed by atoms with Crippen molar-refractivity contribution in [3.05, 3.63) is 88.6 Å². The zero-order valence-corrected chi connectivity index (χ0v) is 29.0. The van der Waals surface area contributed by atoms with E-state index in [0.29, 0.717) is 69.8 Å². The first-order valence-corrected chi connectivity index (χ1v) is 18.2. The first kappa shape index (κ1) is 32.6. The summed E-state index contributed by atoms with van der Waals surface area (Å²) in [5.41, 5.74) is 4.30. The topological polar surface area (TPSA) is 124 Å². The number of aromatic nitrogens is 1. The third kappa shape index (κ3) is 5.30. The van der Waals surface area contributed by atoms with E-state index in [2.05, 4.69) is 33.9 Å². The Bertz CT molecular complexity index is 1870. The highest BCUT2D eigenvalue weighted by atomic mass is 16.2. The highest BCUT2D eigenvalue weighted by molar-refractivity contribution is 6.06. The Morgan fingerprint density at radius 2 is 1.72 bits per heavy atom. The van der Waals surface area contributed by atoms with Crippen molar-refractivity contribution in [1.82, 2.24) is 20.1 Å². The molecule has 10 nitrogen and oxygen atoms in total. The molecule has 2 aliphatic heterocycles. The van der Waals surface area contributed by atoms with E-state index in [-0.39, 0.29) is 35.6 Å². The molecule has 50 heavy (non-hydrogen) atoms. The van der Waals surface area contributed by atoms with Gasteiger partial charge in [-0.05, 0) is 105 Å². The fourth-order valence-electron chi connectivity index (χ4n) is 9.47. The molecule has 1 spiro atoms. The van der Waals surface area contributed by atoms with Gasteiger partial charge in [0.2, 0.25) is 23.6 Å². The van der Waals surface area contributed by atoms with Gasteiger partial charge in [-0.15, -0.1) is 0 Å². The fraction of sp³-hybridized carbons (Fsp3) is 0.475. The van der Waals surface area contributed by atoms with Crippen LogP contribution in [0, 0.1) is 16.7 Å². The van der Waals surface area contributed by atoms with Gasteiger partial charge in [-0.25, -0.2) is 4.98 Å². The standard InChI is InChI=1S/C40H46N6O4/c1-3-38(12-15-45(16-13-38)37(50)39-18-26(19-39)20-39)36(49)46(24-29-8-5-4-7-28(29)23-41-2)25-33(47)43-31-11-10-27-21-40(22-30(27)17-31)32-9-6-14-42-34(32)44-35(40)48/h4-11,14,17,26,41H,3,12-13,15-16,18-25H2,1-2H3,(H,43,47)(H,42,44,48)/t26?,39?,40-/m1/s1. The van der Waals surface area contributed by atoms with Crippen LogP contribution in [0.4, 0.5) is 11.5 Å². The molecule has 2 bridgehead atoms. The molecule has 2 aromatic carbocycles. The Hall–Kier alpha value is -4.57. The molecule has 3 saturated carbocycles. The van der Waals surface area contributed by atoms with Crippen molar-refractivity contribution in [3.8, 4) is 0 Å². The minimum Gasteiger partial charge on any atom is -0.342 e. The lowest BCUT2D eigenvalue weighted by Crippen LogP contribution is -2.63. The van der Waals surface area contributed by atoms with E-state index in [1.807, 2.05) is 60.5 Å². The number of hydrogen-bond acceptors (Lipinski definition) is 6. The molecule has 1 saturated heterocycles. The number of anilines is 2. The van der Waals surface area contributed by atoms with Gasteiger partial charge >= 0.3 is 0 Å². The van der Waals surface area contributed by atoms with Gasteiger partial charge in [-0.1, -0.05) is 43.3 Å². The van der Waals surface area contributed by atoms with E-state index in [9.17, 15) is 19.2 Å². The molecule has 3 aromatic rings. The lowest BCUT2D eigenvalue weighted by molar-refractivity contribution is -0.180. The predicted octanol–water partition coefficient (Wildman–Crippen LogP) is 4.58. The Labute approximate surface area is 293 Å². The summed E-state index contributed by atoms with van der Waals surface area (Å²) in [6.07, 6.45) is 7.73. The maximum absolute atomic E-state index is 14.7. The van der Waals surface area contributed by atoms with Crippen LogP contribution in [0.2, 0.25) is 0 Å². The van der Waals surface area contributed by atoms with Gasteiger partial charge in [0.1, 0.15) is 12.4 Å². The Balaban J connectivity index is 0.998. The summed E-state index contributed by atoms with van der Waals surface area (Å²) >= 11 is 0. The van der Waals surface area contributed by atoms with Crippen LogP contribution >= 0.6 is 0 Å². The third-order valence-electron chi connectivity index (χ3n) is 12.6. The van der Waals surface area contributed by atoms with Crippen molar-refractivity contribution >= 4 is 35.1 Å². The fourth-order valence-corrected chi connectivity index (χ4v) is 9.47. The molecule has 0 unspecified atom stereocenters. The number of hydrogen-bond donors (Lipinski definition) is 3. The average Bonchev–Trinajstić information content (AvgIpc) is 3.59. The number of carbonyl (C=O) groups is 4. The summed E-state index contributed by atoms with van der Waals surface area (Å²) in [6, 6.07) is 17.7. The minimum atomic E-state index is -0.689. The number of likely N-dealkylation sites (tertiary alicyclic amines) is 1. The van der Waals surface area contributed by atoms with Crippen molar-refractivity contribution in [1.29, 1.82) is 0 Å². The molecule has 1 aromatic heterocycles. The largest absolute Gasteiger partial charge is 0.342 e. The number of piperidine rings is 1. The first-order valence-electron chi connectivity index (χ1n) is 18.2. The molecule has 4 aliphatic carbocycles. The van der Waals surface area contributed by atoms with Crippen molar-refractivity contribution in [2.75, 3.05) is 37.3 Å². The maximum Gasteiger partial charge on any atom is 0.244 e. The molecular weight excluding hydrogens is 628 g/mol. The molecule has 10 heteroatoms. The molecule has 0 radical (unpaired) electrons. The number of nitrogens with zero attached hydrogens (tertiary/aromatic N) is 3. The number of nitrogens with one attached hydrogen (secondary N) is 3. The van der Waals surface area contributed by atoms with Crippen LogP contribution in [-0.4, -0.2) is 65.1 Å². The summed E-state index contributed by atoms with van der Waals surface area (Å²) in [4.78, 5) is 63.1. The SMILES string of the molecule is CCC1(C(=O)N(CC(=O)Nc2ccc3c(c2)C[C@@]2(C3)C(=O)Nc3ncccc32)Cc2ccccc2CNC)CCN(C(=O)C23CC(C2)C3)CC1. The normalized spacial score (nSPS) is 25.2. The van der Waals surface area contributed by atoms with Crippen molar-refractivity contribution in [2.45, 2.75) is 76.8 Å². The third-order valence-corrected chi connectivity index (χ3v) is 12.6. The van der Waals surface area contributed by atoms with Crippen LogP contribution in [0.3, 0.4) is 0 Å². The molecule has 4 fully saturated rings. The molecule has 3 N–H and O–H groups in total. The zero-order valence-electron chi connectivity index (χ0n) is 29.0. The number of benzene rings is 2. The molecule has 1 atom stereocenters.